The molecule has 0 aliphatic carbocycles. The molecule has 1 aromatic carbocycles. The highest BCUT2D eigenvalue weighted by atomic mass is 32.1. The Morgan fingerprint density at radius 3 is 2.81 bits per heavy atom. The van der Waals surface area contributed by atoms with E-state index >= 15 is 0 Å². The Labute approximate surface area is 127 Å². The summed E-state index contributed by atoms with van der Waals surface area (Å²) in [6.07, 6.45) is 0. The van der Waals surface area contributed by atoms with Gasteiger partial charge < -0.3 is 4.98 Å². The second-order valence-corrected chi connectivity index (χ2v) is 5.94. The zero-order valence-corrected chi connectivity index (χ0v) is 12.7. The molecule has 0 atom stereocenters. The van der Waals surface area contributed by atoms with Crippen LogP contribution in [0.4, 0.5) is 0 Å². The standard InChI is InChI=1S/C16H17N3OS/c1-2-19(10-12-6-5-9-21-12)11-15-17-14-8-4-3-7-13(14)16(20)18-15/h3-9H,2,10-11H2,1H3,(H,17,18,20). The first-order valence-corrected chi connectivity index (χ1v) is 7.87. The molecular weight excluding hydrogens is 282 g/mol. The first kappa shape index (κ1) is 14.0. The second kappa shape index (κ2) is 6.20. The van der Waals surface area contributed by atoms with Crippen LogP contribution < -0.4 is 5.56 Å². The quantitative estimate of drug-likeness (QED) is 0.788. The Hall–Kier alpha value is -1.98. The van der Waals surface area contributed by atoms with E-state index in [2.05, 4.69) is 39.3 Å². The molecule has 1 N–H and O–H groups in total. The number of aromatic amines is 1. The number of thiophene rings is 1. The lowest BCUT2D eigenvalue weighted by atomic mass is 10.2. The first-order chi connectivity index (χ1) is 10.3. The van der Waals surface area contributed by atoms with E-state index in [1.165, 1.54) is 4.88 Å². The van der Waals surface area contributed by atoms with Crippen molar-refractivity contribution in [1.29, 1.82) is 0 Å². The predicted octanol–water partition coefficient (Wildman–Crippen LogP) is 3.01. The topological polar surface area (TPSA) is 49.0 Å². The van der Waals surface area contributed by atoms with E-state index in [4.69, 9.17) is 0 Å². The SMILES string of the molecule is CCN(Cc1nc2ccccc2c(=O)[nH]1)Cc1cccs1. The zero-order valence-electron chi connectivity index (χ0n) is 11.9. The molecule has 0 aliphatic heterocycles. The lowest BCUT2D eigenvalue weighted by Crippen LogP contribution is -2.25. The smallest absolute Gasteiger partial charge is 0.258 e. The molecule has 0 bridgehead atoms. The van der Waals surface area contributed by atoms with Crippen molar-refractivity contribution in [2.75, 3.05) is 6.54 Å². The molecule has 0 radical (unpaired) electrons. The fourth-order valence-electron chi connectivity index (χ4n) is 2.32. The van der Waals surface area contributed by atoms with Gasteiger partial charge in [0.2, 0.25) is 0 Å². The number of nitrogens with one attached hydrogen (secondary N) is 1. The third-order valence-corrected chi connectivity index (χ3v) is 4.30. The number of hydrogen-bond acceptors (Lipinski definition) is 4. The van der Waals surface area contributed by atoms with Crippen LogP contribution in [-0.4, -0.2) is 21.4 Å². The van der Waals surface area contributed by atoms with E-state index in [-0.39, 0.29) is 5.56 Å². The monoisotopic (exact) mass is 299 g/mol. The average molecular weight is 299 g/mol. The molecule has 3 aromatic rings. The highest BCUT2D eigenvalue weighted by Gasteiger charge is 2.09. The number of hydrogen-bond donors (Lipinski definition) is 1. The summed E-state index contributed by atoms with van der Waals surface area (Å²) in [6.45, 7) is 4.56. The predicted molar refractivity (Wildman–Crippen MR) is 86.5 cm³/mol. The van der Waals surface area contributed by atoms with Crippen molar-refractivity contribution in [3.8, 4) is 0 Å². The summed E-state index contributed by atoms with van der Waals surface area (Å²) >= 11 is 1.75. The maximum Gasteiger partial charge on any atom is 0.258 e. The van der Waals surface area contributed by atoms with Gasteiger partial charge in [-0.2, -0.15) is 0 Å². The Balaban J connectivity index is 1.84. The molecule has 0 saturated carbocycles. The molecule has 108 valence electrons. The molecule has 0 aliphatic rings. The van der Waals surface area contributed by atoms with Crippen LogP contribution in [0.2, 0.25) is 0 Å². The fourth-order valence-corrected chi connectivity index (χ4v) is 3.07. The van der Waals surface area contributed by atoms with E-state index in [9.17, 15) is 4.79 Å². The lowest BCUT2D eigenvalue weighted by Gasteiger charge is -2.18. The minimum atomic E-state index is -0.0669. The van der Waals surface area contributed by atoms with Gasteiger partial charge in [-0.15, -0.1) is 11.3 Å². The van der Waals surface area contributed by atoms with E-state index in [1.54, 1.807) is 17.4 Å². The summed E-state index contributed by atoms with van der Waals surface area (Å²) < 4.78 is 0. The molecule has 0 spiro atoms. The molecule has 21 heavy (non-hydrogen) atoms. The van der Waals surface area contributed by atoms with Crippen molar-refractivity contribution in [3.05, 3.63) is 62.8 Å². The number of fused-ring (bicyclic) bond motifs is 1. The number of para-hydroxylation sites is 1. The number of rotatable bonds is 5. The average Bonchev–Trinajstić information content (AvgIpc) is 2.99. The van der Waals surface area contributed by atoms with Crippen molar-refractivity contribution in [3.63, 3.8) is 0 Å². The molecule has 2 heterocycles. The zero-order chi connectivity index (χ0) is 14.7. The van der Waals surface area contributed by atoms with Gasteiger partial charge in [0.1, 0.15) is 5.82 Å². The maximum absolute atomic E-state index is 12.1. The molecule has 4 nitrogen and oxygen atoms in total. The molecule has 0 amide bonds. The van der Waals surface area contributed by atoms with Crippen LogP contribution in [-0.2, 0) is 13.1 Å². The van der Waals surface area contributed by atoms with Gasteiger partial charge >= 0.3 is 0 Å². The summed E-state index contributed by atoms with van der Waals surface area (Å²) in [6, 6.07) is 11.6. The van der Waals surface area contributed by atoms with Crippen molar-refractivity contribution < 1.29 is 0 Å². The third-order valence-electron chi connectivity index (χ3n) is 3.44. The summed E-state index contributed by atoms with van der Waals surface area (Å²) in [5.74, 6) is 0.720. The molecule has 2 aromatic heterocycles. The summed E-state index contributed by atoms with van der Waals surface area (Å²) in [7, 11) is 0. The van der Waals surface area contributed by atoms with Crippen LogP contribution >= 0.6 is 11.3 Å². The minimum Gasteiger partial charge on any atom is -0.309 e. The van der Waals surface area contributed by atoms with Gasteiger partial charge in [0, 0.05) is 11.4 Å². The van der Waals surface area contributed by atoms with Crippen molar-refractivity contribution >= 4 is 22.2 Å². The van der Waals surface area contributed by atoms with E-state index in [0.29, 0.717) is 11.9 Å². The van der Waals surface area contributed by atoms with Gasteiger partial charge in [-0.25, -0.2) is 4.98 Å². The summed E-state index contributed by atoms with van der Waals surface area (Å²) in [5, 5.41) is 2.72. The molecule has 0 saturated heterocycles. The van der Waals surface area contributed by atoms with E-state index < -0.39 is 0 Å². The largest absolute Gasteiger partial charge is 0.309 e. The van der Waals surface area contributed by atoms with E-state index in [0.717, 1.165) is 24.4 Å². The van der Waals surface area contributed by atoms with Crippen molar-refractivity contribution in [1.82, 2.24) is 14.9 Å². The molecule has 0 fully saturated rings. The highest BCUT2D eigenvalue weighted by molar-refractivity contribution is 7.09. The molecule has 0 unspecified atom stereocenters. The van der Waals surface area contributed by atoms with Gasteiger partial charge in [0.15, 0.2) is 0 Å². The Bertz CT molecular complexity index is 780. The van der Waals surface area contributed by atoms with Gasteiger partial charge in [0.05, 0.1) is 17.4 Å². The van der Waals surface area contributed by atoms with Gasteiger partial charge in [-0.3, -0.25) is 9.69 Å². The molecule has 3 rings (SSSR count). The maximum atomic E-state index is 12.1. The third kappa shape index (κ3) is 3.20. The second-order valence-electron chi connectivity index (χ2n) is 4.91. The normalized spacial score (nSPS) is 11.3. The Morgan fingerprint density at radius 2 is 2.05 bits per heavy atom. The molecule has 5 heteroatoms. The van der Waals surface area contributed by atoms with E-state index in [1.807, 2.05) is 18.2 Å². The fraction of sp³-hybridized carbons (Fsp3) is 0.250. The number of aromatic nitrogens is 2. The minimum absolute atomic E-state index is 0.0669. The van der Waals surface area contributed by atoms with Crippen molar-refractivity contribution in [2.45, 2.75) is 20.0 Å². The van der Waals surface area contributed by atoms with Gasteiger partial charge in [-0.05, 0) is 30.1 Å². The van der Waals surface area contributed by atoms with Gasteiger partial charge in [-0.1, -0.05) is 25.1 Å². The lowest BCUT2D eigenvalue weighted by molar-refractivity contribution is 0.267. The number of H-pyrrole nitrogens is 1. The first-order valence-electron chi connectivity index (χ1n) is 6.99. The van der Waals surface area contributed by atoms with Crippen LogP contribution in [0, 0.1) is 0 Å². The van der Waals surface area contributed by atoms with Crippen LogP contribution in [0.25, 0.3) is 10.9 Å². The van der Waals surface area contributed by atoms with Crippen LogP contribution in [0.5, 0.6) is 0 Å². The summed E-state index contributed by atoms with van der Waals surface area (Å²) in [4.78, 5) is 23.1. The summed E-state index contributed by atoms with van der Waals surface area (Å²) in [5.41, 5.74) is 0.686. The Kier molecular flexibility index (Phi) is 4.13. The Morgan fingerprint density at radius 1 is 1.19 bits per heavy atom. The molecular formula is C16H17N3OS. The van der Waals surface area contributed by atoms with Gasteiger partial charge in [0.25, 0.3) is 5.56 Å². The number of benzene rings is 1. The number of nitrogens with zero attached hydrogens (tertiary/aromatic N) is 2. The highest BCUT2D eigenvalue weighted by Crippen LogP contribution is 2.13. The van der Waals surface area contributed by atoms with Crippen LogP contribution in [0.1, 0.15) is 17.6 Å². The van der Waals surface area contributed by atoms with Crippen LogP contribution in [0.15, 0.2) is 46.6 Å². The van der Waals surface area contributed by atoms with Crippen molar-refractivity contribution in [2.24, 2.45) is 0 Å². The van der Waals surface area contributed by atoms with Crippen LogP contribution in [0.3, 0.4) is 0 Å².